The van der Waals surface area contributed by atoms with Crippen molar-refractivity contribution in [2.75, 3.05) is 6.61 Å². The van der Waals surface area contributed by atoms with Gasteiger partial charge in [0.1, 0.15) is 5.69 Å². The number of carbonyl (C=O) groups is 2. The molecule has 0 aliphatic carbocycles. The van der Waals surface area contributed by atoms with Crippen molar-refractivity contribution in [1.29, 1.82) is 0 Å². The summed E-state index contributed by atoms with van der Waals surface area (Å²) in [5.41, 5.74) is 1.30. The van der Waals surface area contributed by atoms with Crippen molar-refractivity contribution in [2.45, 2.75) is 65.5 Å². The fourth-order valence-electron chi connectivity index (χ4n) is 2.84. The molecule has 0 aliphatic heterocycles. The maximum atomic E-state index is 12.8. The minimum absolute atomic E-state index is 0.00282. The number of ether oxygens (including phenoxy) is 1. The van der Waals surface area contributed by atoms with Gasteiger partial charge in [-0.05, 0) is 39.3 Å². The van der Waals surface area contributed by atoms with Gasteiger partial charge < -0.3 is 14.6 Å². The molecular weight excluding hydrogens is 358 g/mol. The molecule has 7 heteroatoms. The first-order valence-corrected chi connectivity index (χ1v) is 9.66. The van der Waals surface area contributed by atoms with Gasteiger partial charge in [-0.25, -0.2) is 4.98 Å². The first-order chi connectivity index (χ1) is 13.2. The number of nitrogens with zero attached hydrogens (tertiary/aromatic N) is 2. The molecule has 1 aromatic heterocycles. The predicted molar refractivity (Wildman–Crippen MR) is 108 cm³/mol. The topological polar surface area (TPSA) is 90.3 Å². The van der Waals surface area contributed by atoms with Crippen LogP contribution in [0.1, 0.15) is 52.7 Å². The second-order valence-corrected chi connectivity index (χ2v) is 7.82. The van der Waals surface area contributed by atoms with Crippen LogP contribution in [-0.4, -0.2) is 33.6 Å². The molecule has 1 N–H and O–H groups in total. The van der Waals surface area contributed by atoms with Gasteiger partial charge in [0, 0.05) is 18.5 Å². The number of unbranched alkanes of at least 4 members (excludes halogenated alkanes) is 1. The van der Waals surface area contributed by atoms with Gasteiger partial charge in [0.25, 0.3) is 11.5 Å². The van der Waals surface area contributed by atoms with Crippen LogP contribution >= 0.6 is 0 Å². The number of amides is 1. The van der Waals surface area contributed by atoms with Gasteiger partial charge in [-0.15, -0.1) is 0 Å². The first-order valence-electron chi connectivity index (χ1n) is 9.66. The van der Waals surface area contributed by atoms with Gasteiger partial charge in [-0.2, -0.15) is 0 Å². The van der Waals surface area contributed by atoms with E-state index in [0.717, 1.165) is 23.9 Å². The van der Waals surface area contributed by atoms with Crippen molar-refractivity contribution >= 4 is 22.9 Å². The van der Waals surface area contributed by atoms with Crippen molar-refractivity contribution in [3.05, 3.63) is 40.3 Å². The number of benzene rings is 1. The van der Waals surface area contributed by atoms with Gasteiger partial charge in [-0.1, -0.05) is 25.5 Å². The molecule has 0 fully saturated rings. The normalized spacial score (nSPS) is 11.4. The summed E-state index contributed by atoms with van der Waals surface area (Å²) in [5.74, 6) is -0.884. The monoisotopic (exact) mass is 387 g/mol. The summed E-state index contributed by atoms with van der Waals surface area (Å²) in [5, 5.41) is 2.72. The highest BCUT2D eigenvalue weighted by atomic mass is 16.5. The zero-order chi connectivity index (χ0) is 20.7. The van der Waals surface area contributed by atoms with E-state index in [1.165, 1.54) is 0 Å². The fourth-order valence-corrected chi connectivity index (χ4v) is 2.84. The van der Waals surface area contributed by atoms with E-state index >= 15 is 0 Å². The predicted octanol–water partition coefficient (Wildman–Crippen LogP) is 2.59. The number of aromatic nitrogens is 2. The van der Waals surface area contributed by atoms with Crippen molar-refractivity contribution in [3.8, 4) is 0 Å². The summed E-state index contributed by atoms with van der Waals surface area (Å²) in [6, 6.07) is 7.49. The average molecular weight is 387 g/mol. The van der Waals surface area contributed by atoms with Crippen LogP contribution in [0, 0.1) is 0 Å². The quantitative estimate of drug-likeness (QED) is 0.703. The van der Waals surface area contributed by atoms with E-state index in [-0.39, 0.29) is 36.5 Å². The molecule has 2 aromatic rings. The van der Waals surface area contributed by atoms with E-state index in [1.807, 2.05) is 45.0 Å². The Hall–Kier alpha value is -2.70. The molecule has 1 heterocycles. The highest BCUT2D eigenvalue weighted by molar-refractivity contribution is 5.81. The molecular formula is C21H29N3O4. The van der Waals surface area contributed by atoms with Gasteiger partial charge >= 0.3 is 5.97 Å². The SMILES string of the molecule is CCCCn1c(=O)c(CCC(=O)OCC(=O)NC(C)(C)C)nc2ccccc21. The van der Waals surface area contributed by atoms with Crippen LogP contribution in [0.5, 0.6) is 0 Å². The number of fused-ring (bicyclic) bond motifs is 1. The maximum Gasteiger partial charge on any atom is 0.306 e. The highest BCUT2D eigenvalue weighted by Crippen LogP contribution is 2.12. The molecule has 1 aromatic carbocycles. The number of aryl methyl sites for hydroxylation is 2. The van der Waals surface area contributed by atoms with Gasteiger partial charge in [0.2, 0.25) is 0 Å². The van der Waals surface area contributed by atoms with Crippen LogP contribution < -0.4 is 10.9 Å². The molecule has 0 bridgehead atoms. The number of hydrogen-bond acceptors (Lipinski definition) is 5. The minimum atomic E-state index is -0.529. The summed E-state index contributed by atoms with van der Waals surface area (Å²) in [6.07, 6.45) is 2.03. The Labute approximate surface area is 165 Å². The molecule has 0 atom stereocenters. The molecule has 0 aliphatic rings. The number of esters is 1. The van der Waals surface area contributed by atoms with Crippen molar-refractivity contribution in [1.82, 2.24) is 14.9 Å². The molecule has 0 unspecified atom stereocenters. The molecule has 0 spiro atoms. The van der Waals surface area contributed by atoms with Gasteiger partial charge in [-0.3, -0.25) is 14.4 Å². The third-order valence-electron chi connectivity index (χ3n) is 4.10. The van der Waals surface area contributed by atoms with Gasteiger partial charge in [0.05, 0.1) is 17.5 Å². The van der Waals surface area contributed by atoms with E-state index in [0.29, 0.717) is 12.2 Å². The molecule has 0 saturated carbocycles. The van der Waals surface area contributed by atoms with Crippen molar-refractivity contribution in [2.24, 2.45) is 0 Å². The Balaban J connectivity index is 2.05. The van der Waals surface area contributed by atoms with Crippen LogP contribution in [0.15, 0.2) is 29.1 Å². The van der Waals surface area contributed by atoms with E-state index in [2.05, 4.69) is 17.2 Å². The second kappa shape index (κ2) is 9.48. The van der Waals surface area contributed by atoms with Crippen molar-refractivity contribution < 1.29 is 14.3 Å². The zero-order valence-electron chi connectivity index (χ0n) is 17.1. The molecule has 2 rings (SSSR count). The van der Waals surface area contributed by atoms with Crippen LogP contribution in [0.4, 0.5) is 0 Å². The Morgan fingerprint density at radius 3 is 2.61 bits per heavy atom. The Morgan fingerprint density at radius 2 is 1.93 bits per heavy atom. The van der Waals surface area contributed by atoms with E-state index < -0.39 is 5.97 Å². The Morgan fingerprint density at radius 1 is 1.21 bits per heavy atom. The second-order valence-electron chi connectivity index (χ2n) is 7.82. The van der Waals surface area contributed by atoms with E-state index in [4.69, 9.17) is 4.74 Å². The summed E-state index contributed by atoms with van der Waals surface area (Å²) >= 11 is 0. The Kier molecular flexibility index (Phi) is 7.31. The minimum Gasteiger partial charge on any atom is -0.456 e. The Bertz CT molecular complexity index is 897. The molecule has 28 heavy (non-hydrogen) atoms. The molecule has 7 nitrogen and oxygen atoms in total. The van der Waals surface area contributed by atoms with Crippen LogP contribution in [-0.2, 0) is 27.3 Å². The van der Waals surface area contributed by atoms with Gasteiger partial charge in [0.15, 0.2) is 6.61 Å². The molecule has 0 saturated heterocycles. The number of hydrogen-bond donors (Lipinski definition) is 1. The maximum absolute atomic E-state index is 12.8. The fraction of sp³-hybridized carbons (Fsp3) is 0.524. The number of rotatable bonds is 8. The zero-order valence-corrected chi connectivity index (χ0v) is 17.1. The lowest BCUT2D eigenvalue weighted by Gasteiger charge is -2.20. The number of nitrogens with one attached hydrogen (secondary N) is 1. The summed E-state index contributed by atoms with van der Waals surface area (Å²) in [4.78, 5) is 41.0. The summed E-state index contributed by atoms with van der Waals surface area (Å²) in [6.45, 7) is 7.90. The summed E-state index contributed by atoms with van der Waals surface area (Å²) in [7, 11) is 0. The number of para-hydroxylation sites is 2. The molecule has 152 valence electrons. The van der Waals surface area contributed by atoms with E-state index in [1.54, 1.807) is 4.57 Å². The average Bonchev–Trinajstić information content (AvgIpc) is 2.62. The largest absolute Gasteiger partial charge is 0.456 e. The van der Waals surface area contributed by atoms with Crippen molar-refractivity contribution in [3.63, 3.8) is 0 Å². The van der Waals surface area contributed by atoms with E-state index in [9.17, 15) is 14.4 Å². The summed E-state index contributed by atoms with van der Waals surface area (Å²) < 4.78 is 6.73. The molecule has 0 radical (unpaired) electrons. The third-order valence-corrected chi connectivity index (χ3v) is 4.10. The smallest absolute Gasteiger partial charge is 0.306 e. The lowest BCUT2D eigenvalue weighted by Crippen LogP contribution is -2.42. The van der Waals surface area contributed by atoms with Crippen LogP contribution in [0.3, 0.4) is 0 Å². The molecule has 1 amide bonds. The lowest BCUT2D eigenvalue weighted by atomic mass is 10.1. The third kappa shape index (κ3) is 6.18. The van der Waals surface area contributed by atoms with Crippen LogP contribution in [0.2, 0.25) is 0 Å². The van der Waals surface area contributed by atoms with Crippen LogP contribution in [0.25, 0.3) is 11.0 Å². The first kappa shape index (κ1) is 21.6. The standard InChI is InChI=1S/C21H29N3O4/c1-5-6-13-24-17-10-8-7-9-15(17)22-16(20(24)27)11-12-19(26)28-14-18(25)23-21(2,3)4/h7-10H,5-6,11-14H2,1-4H3,(H,23,25). The lowest BCUT2D eigenvalue weighted by molar-refractivity contribution is -0.148. The highest BCUT2D eigenvalue weighted by Gasteiger charge is 2.16. The number of carbonyl (C=O) groups excluding carboxylic acids is 2.